The van der Waals surface area contributed by atoms with Gasteiger partial charge in [-0.25, -0.2) is 0 Å². The lowest BCUT2D eigenvalue weighted by atomic mass is 10.0. The van der Waals surface area contributed by atoms with E-state index in [1.165, 1.54) is 0 Å². The Bertz CT molecular complexity index is 549. The Morgan fingerprint density at radius 1 is 1.00 bits per heavy atom. The molecule has 2 aromatic rings. The maximum absolute atomic E-state index is 12.2. The predicted octanol–water partition coefficient (Wildman–Crippen LogP) is 5.42. The molecule has 1 atom stereocenters. The van der Waals surface area contributed by atoms with Crippen LogP contribution in [-0.4, -0.2) is 5.78 Å². The third-order valence-electron chi connectivity index (χ3n) is 2.52. The topological polar surface area (TPSA) is 17.1 Å². The van der Waals surface area contributed by atoms with Gasteiger partial charge in [-0.05, 0) is 29.8 Å². The molecule has 0 bridgehead atoms. The van der Waals surface area contributed by atoms with E-state index in [-0.39, 0.29) is 10.6 Å². The second kappa shape index (κ2) is 6.00. The highest BCUT2D eigenvalue weighted by atomic mass is 79.9. The summed E-state index contributed by atoms with van der Waals surface area (Å²) in [6.07, 6.45) is 0. The maximum Gasteiger partial charge on any atom is 0.180 e. The Morgan fingerprint density at radius 2 is 1.56 bits per heavy atom. The quantitative estimate of drug-likeness (QED) is 0.507. The molecule has 0 aliphatic heterocycles. The van der Waals surface area contributed by atoms with E-state index in [1.54, 1.807) is 24.3 Å². The zero-order valence-electron chi connectivity index (χ0n) is 9.24. The van der Waals surface area contributed by atoms with Gasteiger partial charge in [0, 0.05) is 15.1 Å². The Kier molecular flexibility index (Phi) is 4.60. The molecule has 0 amide bonds. The van der Waals surface area contributed by atoms with Crippen LogP contribution in [0.1, 0.15) is 20.7 Å². The molecule has 18 heavy (non-hydrogen) atoms. The van der Waals surface area contributed by atoms with Gasteiger partial charge in [0.1, 0.15) is 4.83 Å². The summed E-state index contributed by atoms with van der Waals surface area (Å²) in [5.41, 5.74) is 1.57. The standard InChI is InChI=1S/C14H9Br2ClO/c15-11-5-1-10(2-6-11)14(18)13(16)9-3-7-12(17)8-4-9/h1-8,13H. The normalized spacial score (nSPS) is 12.2. The van der Waals surface area contributed by atoms with Crippen LogP contribution < -0.4 is 0 Å². The average Bonchev–Trinajstić information content (AvgIpc) is 2.39. The Morgan fingerprint density at radius 3 is 2.11 bits per heavy atom. The number of hydrogen-bond donors (Lipinski definition) is 0. The van der Waals surface area contributed by atoms with Crippen molar-refractivity contribution in [2.45, 2.75) is 4.83 Å². The zero-order chi connectivity index (χ0) is 13.1. The minimum absolute atomic E-state index is 0.0322. The van der Waals surface area contributed by atoms with E-state index in [4.69, 9.17) is 11.6 Å². The molecule has 0 saturated carbocycles. The van der Waals surface area contributed by atoms with E-state index in [1.807, 2.05) is 24.3 Å². The van der Waals surface area contributed by atoms with Crippen LogP contribution in [0.3, 0.4) is 0 Å². The first-order valence-electron chi connectivity index (χ1n) is 5.27. The van der Waals surface area contributed by atoms with Crippen LogP contribution in [-0.2, 0) is 0 Å². The van der Waals surface area contributed by atoms with Crippen molar-refractivity contribution < 1.29 is 4.79 Å². The minimum Gasteiger partial charge on any atom is -0.293 e. The number of ketones is 1. The molecule has 2 aromatic carbocycles. The second-order valence-electron chi connectivity index (χ2n) is 3.79. The summed E-state index contributed by atoms with van der Waals surface area (Å²) < 4.78 is 0.955. The molecular weight excluding hydrogens is 379 g/mol. The number of benzene rings is 2. The molecule has 0 aliphatic rings. The fraction of sp³-hybridized carbons (Fsp3) is 0.0714. The largest absolute Gasteiger partial charge is 0.293 e. The molecule has 0 fully saturated rings. The smallest absolute Gasteiger partial charge is 0.180 e. The molecule has 4 heteroatoms. The first-order valence-corrected chi connectivity index (χ1v) is 7.36. The number of carbonyl (C=O) groups is 1. The van der Waals surface area contributed by atoms with E-state index >= 15 is 0 Å². The third kappa shape index (κ3) is 3.22. The monoisotopic (exact) mass is 386 g/mol. The molecule has 0 aliphatic carbocycles. The molecule has 92 valence electrons. The van der Waals surface area contributed by atoms with Crippen LogP contribution in [0.4, 0.5) is 0 Å². The highest BCUT2D eigenvalue weighted by Crippen LogP contribution is 2.28. The molecule has 0 heterocycles. The van der Waals surface area contributed by atoms with Gasteiger partial charge in [0.2, 0.25) is 0 Å². The number of alkyl halides is 1. The van der Waals surface area contributed by atoms with E-state index in [0.29, 0.717) is 10.6 Å². The van der Waals surface area contributed by atoms with Gasteiger partial charge in [-0.2, -0.15) is 0 Å². The number of hydrogen-bond acceptors (Lipinski definition) is 1. The third-order valence-corrected chi connectivity index (χ3v) is 4.25. The van der Waals surface area contributed by atoms with Crippen LogP contribution in [0.2, 0.25) is 5.02 Å². The van der Waals surface area contributed by atoms with E-state index in [2.05, 4.69) is 31.9 Å². The fourth-order valence-electron chi connectivity index (χ4n) is 1.54. The highest BCUT2D eigenvalue weighted by Gasteiger charge is 2.18. The van der Waals surface area contributed by atoms with Crippen molar-refractivity contribution in [3.63, 3.8) is 0 Å². The molecule has 0 spiro atoms. The van der Waals surface area contributed by atoms with E-state index in [0.717, 1.165) is 10.0 Å². The van der Waals surface area contributed by atoms with Crippen LogP contribution in [0, 0.1) is 0 Å². The summed E-state index contributed by atoms with van der Waals surface area (Å²) in [6.45, 7) is 0. The summed E-state index contributed by atoms with van der Waals surface area (Å²) in [5.74, 6) is 0.0322. The number of halogens is 3. The van der Waals surface area contributed by atoms with Gasteiger partial charge < -0.3 is 0 Å². The molecule has 0 saturated heterocycles. The molecule has 1 nitrogen and oxygen atoms in total. The van der Waals surface area contributed by atoms with Crippen molar-refractivity contribution >= 4 is 49.2 Å². The van der Waals surface area contributed by atoms with Crippen LogP contribution in [0.25, 0.3) is 0 Å². The molecule has 0 N–H and O–H groups in total. The summed E-state index contributed by atoms with van der Waals surface area (Å²) in [7, 11) is 0. The van der Waals surface area contributed by atoms with Crippen LogP contribution >= 0.6 is 43.5 Å². The van der Waals surface area contributed by atoms with Crippen LogP contribution in [0.15, 0.2) is 53.0 Å². The lowest BCUT2D eigenvalue weighted by Crippen LogP contribution is -2.06. The molecule has 1 unspecified atom stereocenters. The zero-order valence-corrected chi connectivity index (χ0v) is 13.2. The average molecular weight is 388 g/mol. The summed E-state index contributed by atoms with van der Waals surface area (Å²) in [6, 6.07) is 14.6. The van der Waals surface area contributed by atoms with Crippen molar-refractivity contribution in [3.8, 4) is 0 Å². The number of rotatable bonds is 3. The SMILES string of the molecule is O=C(c1ccc(Br)cc1)C(Br)c1ccc(Cl)cc1. The lowest BCUT2D eigenvalue weighted by Gasteiger charge is -2.09. The second-order valence-corrected chi connectivity index (χ2v) is 6.05. The van der Waals surface area contributed by atoms with Gasteiger partial charge in [0.15, 0.2) is 5.78 Å². The van der Waals surface area contributed by atoms with Crippen molar-refractivity contribution in [3.05, 3.63) is 69.2 Å². The van der Waals surface area contributed by atoms with Gasteiger partial charge in [0.05, 0.1) is 0 Å². The van der Waals surface area contributed by atoms with Crippen molar-refractivity contribution in [2.75, 3.05) is 0 Å². The number of carbonyl (C=O) groups excluding carboxylic acids is 1. The van der Waals surface area contributed by atoms with Crippen LogP contribution in [0.5, 0.6) is 0 Å². The van der Waals surface area contributed by atoms with E-state index < -0.39 is 0 Å². The first-order chi connectivity index (χ1) is 8.58. The van der Waals surface area contributed by atoms with Gasteiger partial charge >= 0.3 is 0 Å². The molecule has 2 rings (SSSR count). The van der Waals surface area contributed by atoms with Gasteiger partial charge in [0.25, 0.3) is 0 Å². The Labute approximate surface area is 127 Å². The molecule has 0 radical (unpaired) electrons. The van der Waals surface area contributed by atoms with Gasteiger partial charge in [-0.1, -0.05) is 67.7 Å². The minimum atomic E-state index is -0.351. The van der Waals surface area contributed by atoms with Crippen molar-refractivity contribution in [1.82, 2.24) is 0 Å². The van der Waals surface area contributed by atoms with Crippen molar-refractivity contribution in [2.24, 2.45) is 0 Å². The number of Topliss-reactive ketones (excluding diaryl/α,β-unsaturated/α-hetero) is 1. The van der Waals surface area contributed by atoms with Crippen molar-refractivity contribution in [1.29, 1.82) is 0 Å². The Balaban J connectivity index is 2.23. The summed E-state index contributed by atoms with van der Waals surface area (Å²) in [4.78, 5) is 11.9. The molecule has 0 aromatic heterocycles. The van der Waals surface area contributed by atoms with E-state index in [9.17, 15) is 4.79 Å². The Hall–Kier alpha value is -0.640. The lowest BCUT2D eigenvalue weighted by molar-refractivity contribution is 0.0991. The first kappa shape index (κ1) is 13.8. The highest BCUT2D eigenvalue weighted by molar-refractivity contribution is 9.10. The fourth-order valence-corrected chi connectivity index (χ4v) is 2.50. The van der Waals surface area contributed by atoms with Gasteiger partial charge in [-0.3, -0.25) is 4.79 Å². The summed E-state index contributed by atoms with van der Waals surface area (Å²) in [5, 5.41) is 0.662. The maximum atomic E-state index is 12.2. The summed E-state index contributed by atoms with van der Waals surface area (Å²) >= 11 is 12.6. The molecular formula is C14H9Br2ClO. The van der Waals surface area contributed by atoms with Gasteiger partial charge in [-0.15, -0.1) is 0 Å². The predicted molar refractivity (Wildman–Crippen MR) is 81.6 cm³/mol.